The molecule has 0 unspecified atom stereocenters. The van der Waals surface area contributed by atoms with Crippen LogP contribution in [0.3, 0.4) is 0 Å². The lowest BCUT2D eigenvalue weighted by molar-refractivity contribution is 0.337. The van der Waals surface area contributed by atoms with E-state index in [4.69, 9.17) is 18.0 Å². The topological polar surface area (TPSA) is 41.3 Å². The van der Waals surface area contributed by atoms with E-state index in [0.29, 0.717) is 4.99 Å². The highest BCUT2D eigenvalue weighted by Crippen LogP contribution is 2.27. The summed E-state index contributed by atoms with van der Waals surface area (Å²) in [6, 6.07) is 6.18. The van der Waals surface area contributed by atoms with Crippen molar-refractivity contribution >= 4 is 34.7 Å². The highest BCUT2D eigenvalue weighted by atomic mass is 32.2. The van der Waals surface area contributed by atoms with Crippen molar-refractivity contribution in [2.24, 2.45) is 5.73 Å². The molecule has 0 aliphatic carbocycles. The SMILES string of the molecule is CSc1cccc(NCCCN2CCCC2)c1C(N)=S. The summed E-state index contributed by atoms with van der Waals surface area (Å²) in [6.07, 6.45) is 5.91. The van der Waals surface area contributed by atoms with Gasteiger partial charge in [0.2, 0.25) is 0 Å². The van der Waals surface area contributed by atoms with Gasteiger partial charge >= 0.3 is 0 Å². The summed E-state index contributed by atoms with van der Waals surface area (Å²) >= 11 is 6.87. The van der Waals surface area contributed by atoms with Crippen LogP contribution in [-0.4, -0.2) is 42.3 Å². The number of benzene rings is 1. The van der Waals surface area contributed by atoms with E-state index < -0.39 is 0 Å². The molecule has 0 aromatic heterocycles. The second kappa shape index (κ2) is 7.86. The lowest BCUT2D eigenvalue weighted by atomic mass is 10.1. The Labute approximate surface area is 131 Å². The molecule has 20 heavy (non-hydrogen) atoms. The van der Waals surface area contributed by atoms with Crippen LogP contribution < -0.4 is 11.1 Å². The Hall–Kier alpha value is -0.780. The number of likely N-dealkylation sites (tertiary alicyclic amines) is 1. The lowest BCUT2D eigenvalue weighted by Crippen LogP contribution is -2.22. The van der Waals surface area contributed by atoms with Crippen molar-refractivity contribution in [3.8, 4) is 0 Å². The zero-order chi connectivity index (χ0) is 14.4. The quantitative estimate of drug-likeness (QED) is 0.460. The molecular weight excluding hydrogens is 286 g/mol. The second-order valence-electron chi connectivity index (χ2n) is 5.08. The zero-order valence-corrected chi connectivity index (χ0v) is 13.7. The van der Waals surface area contributed by atoms with Gasteiger partial charge in [0.15, 0.2) is 0 Å². The molecule has 1 fully saturated rings. The molecule has 1 aromatic carbocycles. The van der Waals surface area contributed by atoms with Gasteiger partial charge < -0.3 is 16.0 Å². The third-order valence-electron chi connectivity index (χ3n) is 3.66. The van der Waals surface area contributed by atoms with Crippen molar-refractivity contribution in [2.75, 3.05) is 37.8 Å². The molecule has 3 N–H and O–H groups in total. The largest absolute Gasteiger partial charge is 0.389 e. The van der Waals surface area contributed by atoms with Crippen LogP contribution in [0.5, 0.6) is 0 Å². The molecule has 0 atom stereocenters. The Morgan fingerprint density at radius 2 is 2.15 bits per heavy atom. The van der Waals surface area contributed by atoms with E-state index in [9.17, 15) is 0 Å². The first-order valence-electron chi connectivity index (χ1n) is 7.15. The Balaban J connectivity index is 1.89. The molecule has 2 rings (SSSR count). The van der Waals surface area contributed by atoms with Crippen LogP contribution in [0, 0.1) is 0 Å². The minimum Gasteiger partial charge on any atom is -0.389 e. The third-order valence-corrected chi connectivity index (χ3v) is 4.64. The predicted octanol–water partition coefficient (Wildman–Crippen LogP) is 2.94. The molecule has 0 radical (unpaired) electrons. The van der Waals surface area contributed by atoms with Crippen molar-refractivity contribution in [2.45, 2.75) is 24.2 Å². The van der Waals surface area contributed by atoms with Crippen LogP contribution in [0.1, 0.15) is 24.8 Å². The average molecular weight is 310 g/mol. The Morgan fingerprint density at radius 1 is 1.40 bits per heavy atom. The molecule has 5 heteroatoms. The second-order valence-corrected chi connectivity index (χ2v) is 6.36. The van der Waals surface area contributed by atoms with Crippen molar-refractivity contribution in [3.63, 3.8) is 0 Å². The first-order chi connectivity index (χ1) is 9.72. The molecule has 1 aromatic rings. The first-order valence-corrected chi connectivity index (χ1v) is 8.78. The molecule has 1 saturated heterocycles. The number of anilines is 1. The summed E-state index contributed by atoms with van der Waals surface area (Å²) in [7, 11) is 0. The van der Waals surface area contributed by atoms with Gasteiger partial charge in [-0.3, -0.25) is 0 Å². The van der Waals surface area contributed by atoms with E-state index in [1.54, 1.807) is 11.8 Å². The number of nitrogens with two attached hydrogens (primary N) is 1. The highest BCUT2D eigenvalue weighted by molar-refractivity contribution is 7.98. The molecule has 110 valence electrons. The lowest BCUT2D eigenvalue weighted by Gasteiger charge is -2.17. The number of rotatable bonds is 7. The van der Waals surface area contributed by atoms with Gasteiger partial charge in [-0.25, -0.2) is 0 Å². The maximum atomic E-state index is 5.86. The summed E-state index contributed by atoms with van der Waals surface area (Å²) in [5, 5.41) is 3.49. The number of nitrogens with zero attached hydrogens (tertiary/aromatic N) is 1. The maximum Gasteiger partial charge on any atom is 0.107 e. The molecule has 1 aliphatic heterocycles. The number of hydrogen-bond donors (Lipinski definition) is 2. The van der Waals surface area contributed by atoms with E-state index in [2.05, 4.69) is 28.4 Å². The molecule has 0 amide bonds. The fraction of sp³-hybridized carbons (Fsp3) is 0.533. The van der Waals surface area contributed by atoms with Gasteiger partial charge in [0.25, 0.3) is 0 Å². The van der Waals surface area contributed by atoms with Crippen LogP contribution >= 0.6 is 24.0 Å². The summed E-state index contributed by atoms with van der Waals surface area (Å²) in [4.78, 5) is 4.15. The first kappa shape index (κ1) is 15.6. The predicted molar refractivity (Wildman–Crippen MR) is 92.9 cm³/mol. The monoisotopic (exact) mass is 309 g/mol. The van der Waals surface area contributed by atoms with Gasteiger partial charge in [0, 0.05) is 22.7 Å². The van der Waals surface area contributed by atoms with E-state index in [1.165, 1.54) is 32.5 Å². The van der Waals surface area contributed by atoms with E-state index in [0.717, 1.165) is 29.1 Å². The Kier molecular flexibility index (Phi) is 6.13. The number of nitrogens with one attached hydrogen (secondary N) is 1. The summed E-state index contributed by atoms with van der Waals surface area (Å²) in [6.45, 7) is 4.67. The Morgan fingerprint density at radius 3 is 2.80 bits per heavy atom. The minimum absolute atomic E-state index is 0.469. The van der Waals surface area contributed by atoms with Gasteiger partial charge in [-0.2, -0.15) is 0 Å². The van der Waals surface area contributed by atoms with Gasteiger partial charge in [-0.1, -0.05) is 18.3 Å². The number of hydrogen-bond acceptors (Lipinski definition) is 4. The third kappa shape index (κ3) is 4.11. The van der Waals surface area contributed by atoms with Gasteiger partial charge in [-0.15, -0.1) is 11.8 Å². The average Bonchev–Trinajstić information content (AvgIpc) is 2.96. The normalized spacial score (nSPS) is 15.4. The van der Waals surface area contributed by atoms with Gasteiger partial charge in [0.1, 0.15) is 4.99 Å². The molecule has 1 aliphatic rings. The highest BCUT2D eigenvalue weighted by Gasteiger charge is 2.12. The fourth-order valence-corrected chi connectivity index (χ4v) is 3.56. The van der Waals surface area contributed by atoms with E-state index >= 15 is 0 Å². The van der Waals surface area contributed by atoms with Crippen molar-refractivity contribution < 1.29 is 0 Å². The van der Waals surface area contributed by atoms with Crippen molar-refractivity contribution in [1.29, 1.82) is 0 Å². The molecule has 0 bridgehead atoms. The smallest absolute Gasteiger partial charge is 0.107 e. The van der Waals surface area contributed by atoms with E-state index in [-0.39, 0.29) is 0 Å². The van der Waals surface area contributed by atoms with Gasteiger partial charge in [-0.05, 0) is 57.3 Å². The van der Waals surface area contributed by atoms with Crippen LogP contribution in [0.25, 0.3) is 0 Å². The number of thiocarbonyl (C=S) groups is 1. The zero-order valence-electron chi connectivity index (χ0n) is 12.0. The van der Waals surface area contributed by atoms with Crippen molar-refractivity contribution in [3.05, 3.63) is 23.8 Å². The minimum atomic E-state index is 0.469. The standard InChI is InChI=1S/C15H23N3S2/c1-20-13-7-4-6-12(14(13)15(16)19)17-8-5-11-18-9-2-3-10-18/h4,6-7,17H,2-3,5,8-11H2,1H3,(H2,16,19). The molecule has 0 spiro atoms. The van der Waals surface area contributed by atoms with Crippen LogP contribution in [0.4, 0.5) is 5.69 Å². The fourth-order valence-electron chi connectivity index (χ4n) is 2.63. The molecule has 3 nitrogen and oxygen atoms in total. The van der Waals surface area contributed by atoms with Crippen molar-refractivity contribution in [1.82, 2.24) is 4.90 Å². The molecule has 0 saturated carbocycles. The van der Waals surface area contributed by atoms with Crippen LogP contribution in [0.15, 0.2) is 23.1 Å². The van der Waals surface area contributed by atoms with E-state index in [1.807, 2.05) is 6.26 Å². The van der Waals surface area contributed by atoms with Crippen LogP contribution in [0.2, 0.25) is 0 Å². The summed E-state index contributed by atoms with van der Waals surface area (Å²) < 4.78 is 0. The molecule has 1 heterocycles. The summed E-state index contributed by atoms with van der Waals surface area (Å²) in [5.41, 5.74) is 7.91. The molecular formula is C15H23N3S2. The number of thioether (sulfide) groups is 1. The van der Waals surface area contributed by atoms with Gasteiger partial charge in [0.05, 0.1) is 0 Å². The summed E-state index contributed by atoms with van der Waals surface area (Å²) in [5.74, 6) is 0. The van der Waals surface area contributed by atoms with Crippen LogP contribution in [-0.2, 0) is 0 Å². The maximum absolute atomic E-state index is 5.86. The Bertz CT molecular complexity index is 456.